The standard InChI is InChI=1S/C17H16O6S/c18-24(19,16-7-3-13(4-8-16)23-17-11-22-17)15-5-1-12(2-6-15)20-9-14-10-21-14/h1-8,14,17H,9-11H2. The highest BCUT2D eigenvalue weighted by molar-refractivity contribution is 7.91. The zero-order chi connectivity index (χ0) is 16.6. The van der Waals surface area contributed by atoms with Crippen LogP contribution in [0.25, 0.3) is 0 Å². The second-order valence-corrected chi connectivity index (χ2v) is 7.54. The minimum absolute atomic E-state index is 0.162. The van der Waals surface area contributed by atoms with Gasteiger partial charge in [0.15, 0.2) is 0 Å². The summed E-state index contributed by atoms with van der Waals surface area (Å²) in [6.07, 6.45) is -0.0452. The zero-order valence-electron chi connectivity index (χ0n) is 12.8. The molecule has 2 unspecified atom stereocenters. The first-order valence-electron chi connectivity index (χ1n) is 7.59. The average molecular weight is 348 g/mol. The molecule has 2 aliphatic heterocycles. The van der Waals surface area contributed by atoms with Crippen LogP contribution in [0.3, 0.4) is 0 Å². The van der Waals surface area contributed by atoms with Crippen molar-refractivity contribution in [3.8, 4) is 11.5 Å². The SMILES string of the molecule is O=S(=O)(c1ccc(OCC2CO2)cc1)c1ccc(OC2CO2)cc1. The third-order valence-electron chi connectivity index (χ3n) is 3.68. The number of ether oxygens (including phenoxy) is 4. The summed E-state index contributed by atoms with van der Waals surface area (Å²) in [7, 11) is -3.57. The van der Waals surface area contributed by atoms with Crippen LogP contribution in [-0.2, 0) is 19.3 Å². The van der Waals surface area contributed by atoms with Crippen molar-refractivity contribution >= 4 is 9.84 Å². The maximum Gasteiger partial charge on any atom is 0.223 e. The smallest absolute Gasteiger partial charge is 0.223 e. The predicted octanol–water partition coefficient (Wildman–Crippen LogP) is 2.03. The van der Waals surface area contributed by atoms with E-state index in [2.05, 4.69) is 0 Å². The maximum absolute atomic E-state index is 12.6. The van der Waals surface area contributed by atoms with Gasteiger partial charge in [0.05, 0.1) is 16.4 Å². The second kappa shape index (κ2) is 6.08. The highest BCUT2D eigenvalue weighted by atomic mass is 32.2. The summed E-state index contributed by atoms with van der Waals surface area (Å²) in [5.41, 5.74) is 0. The normalized spacial score (nSPS) is 22.0. The van der Waals surface area contributed by atoms with E-state index in [0.717, 1.165) is 6.61 Å². The molecule has 0 saturated carbocycles. The van der Waals surface area contributed by atoms with Crippen molar-refractivity contribution in [2.75, 3.05) is 19.8 Å². The summed E-state index contributed by atoms with van der Waals surface area (Å²) in [6, 6.07) is 12.7. The molecule has 0 radical (unpaired) electrons. The topological polar surface area (TPSA) is 77.7 Å². The largest absolute Gasteiger partial charge is 0.491 e. The molecule has 2 saturated heterocycles. The van der Waals surface area contributed by atoms with E-state index < -0.39 is 9.84 Å². The van der Waals surface area contributed by atoms with Crippen LogP contribution in [0.5, 0.6) is 11.5 Å². The van der Waals surface area contributed by atoms with Crippen molar-refractivity contribution in [2.45, 2.75) is 22.2 Å². The third-order valence-corrected chi connectivity index (χ3v) is 5.46. The molecule has 4 rings (SSSR count). The molecule has 2 fully saturated rings. The van der Waals surface area contributed by atoms with Crippen LogP contribution in [0, 0.1) is 0 Å². The summed E-state index contributed by atoms with van der Waals surface area (Å²) >= 11 is 0. The highest BCUT2D eigenvalue weighted by Gasteiger charge is 2.25. The van der Waals surface area contributed by atoms with Gasteiger partial charge in [-0.3, -0.25) is 0 Å². The molecule has 24 heavy (non-hydrogen) atoms. The Morgan fingerprint density at radius 1 is 0.875 bits per heavy atom. The third kappa shape index (κ3) is 3.53. The zero-order valence-corrected chi connectivity index (χ0v) is 13.6. The molecule has 0 N–H and O–H groups in total. The van der Waals surface area contributed by atoms with Crippen LogP contribution in [0.4, 0.5) is 0 Å². The fraction of sp³-hybridized carbons (Fsp3) is 0.294. The van der Waals surface area contributed by atoms with Gasteiger partial charge in [0.25, 0.3) is 0 Å². The lowest BCUT2D eigenvalue weighted by molar-refractivity contribution is 0.179. The lowest BCUT2D eigenvalue weighted by atomic mass is 10.3. The highest BCUT2D eigenvalue weighted by Crippen LogP contribution is 2.26. The van der Waals surface area contributed by atoms with E-state index >= 15 is 0 Å². The van der Waals surface area contributed by atoms with Crippen molar-refractivity contribution in [2.24, 2.45) is 0 Å². The number of epoxide rings is 2. The first-order chi connectivity index (χ1) is 11.6. The minimum atomic E-state index is -3.57. The van der Waals surface area contributed by atoms with E-state index in [1.54, 1.807) is 36.4 Å². The molecule has 7 heteroatoms. The van der Waals surface area contributed by atoms with E-state index in [1.165, 1.54) is 12.1 Å². The molecule has 2 atom stereocenters. The average Bonchev–Trinajstić information content (AvgIpc) is 3.49. The molecule has 2 aromatic rings. The summed E-state index contributed by atoms with van der Waals surface area (Å²) in [5.74, 6) is 1.21. The number of rotatable bonds is 7. The van der Waals surface area contributed by atoms with Crippen molar-refractivity contribution in [1.82, 2.24) is 0 Å². The minimum Gasteiger partial charge on any atom is -0.491 e. The summed E-state index contributed by atoms with van der Waals surface area (Å²) in [5, 5.41) is 0. The van der Waals surface area contributed by atoms with Crippen molar-refractivity contribution in [3.63, 3.8) is 0 Å². The predicted molar refractivity (Wildman–Crippen MR) is 83.9 cm³/mol. The van der Waals surface area contributed by atoms with E-state index in [1.807, 2.05) is 0 Å². The van der Waals surface area contributed by atoms with Crippen LogP contribution in [0.1, 0.15) is 0 Å². The first kappa shape index (κ1) is 15.4. The Kier molecular flexibility index (Phi) is 3.91. The van der Waals surface area contributed by atoms with Crippen molar-refractivity contribution in [3.05, 3.63) is 48.5 Å². The molecule has 0 aliphatic carbocycles. The van der Waals surface area contributed by atoms with Gasteiger partial charge in [-0.1, -0.05) is 0 Å². The van der Waals surface area contributed by atoms with Gasteiger partial charge in [-0.2, -0.15) is 0 Å². The van der Waals surface area contributed by atoms with Gasteiger partial charge in [-0.25, -0.2) is 8.42 Å². The van der Waals surface area contributed by atoms with Gasteiger partial charge in [0.1, 0.15) is 30.8 Å². The molecular weight excluding hydrogens is 332 g/mol. The number of benzene rings is 2. The van der Waals surface area contributed by atoms with Crippen LogP contribution in [0.15, 0.2) is 58.3 Å². The Hall–Kier alpha value is -2.09. The lowest BCUT2D eigenvalue weighted by Gasteiger charge is -2.08. The monoisotopic (exact) mass is 348 g/mol. The fourth-order valence-electron chi connectivity index (χ4n) is 2.16. The van der Waals surface area contributed by atoms with E-state index in [4.69, 9.17) is 18.9 Å². The molecule has 2 aromatic carbocycles. The summed E-state index contributed by atoms with van der Waals surface area (Å²) < 4.78 is 46.3. The van der Waals surface area contributed by atoms with Crippen LogP contribution >= 0.6 is 0 Å². The first-order valence-corrected chi connectivity index (χ1v) is 9.07. The van der Waals surface area contributed by atoms with Gasteiger partial charge >= 0.3 is 0 Å². The quantitative estimate of drug-likeness (QED) is 0.713. The maximum atomic E-state index is 12.6. The van der Waals surface area contributed by atoms with Crippen molar-refractivity contribution < 1.29 is 27.4 Å². The van der Waals surface area contributed by atoms with E-state index in [9.17, 15) is 8.42 Å². The Morgan fingerprint density at radius 3 is 1.92 bits per heavy atom. The Labute approximate surface area is 139 Å². The number of sulfone groups is 1. The van der Waals surface area contributed by atoms with E-state index in [0.29, 0.717) is 24.7 Å². The summed E-state index contributed by atoms with van der Waals surface area (Å²) in [4.78, 5) is 0.434. The molecular formula is C17H16O6S. The molecule has 0 amide bonds. The molecule has 0 spiro atoms. The van der Waals surface area contributed by atoms with Gasteiger partial charge in [0, 0.05) is 0 Å². The van der Waals surface area contributed by atoms with Gasteiger partial charge in [-0.15, -0.1) is 0 Å². The lowest BCUT2D eigenvalue weighted by Crippen LogP contribution is -2.05. The Balaban J connectivity index is 1.48. The van der Waals surface area contributed by atoms with Crippen LogP contribution in [-0.4, -0.2) is 40.6 Å². The Morgan fingerprint density at radius 2 is 1.42 bits per heavy atom. The number of hydrogen-bond acceptors (Lipinski definition) is 6. The van der Waals surface area contributed by atoms with Crippen LogP contribution in [0.2, 0.25) is 0 Å². The second-order valence-electron chi connectivity index (χ2n) is 5.59. The molecule has 0 bridgehead atoms. The van der Waals surface area contributed by atoms with Crippen LogP contribution < -0.4 is 9.47 Å². The molecule has 2 heterocycles. The van der Waals surface area contributed by atoms with Crippen molar-refractivity contribution in [1.29, 1.82) is 0 Å². The molecule has 2 aliphatic rings. The number of hydrogen-bond donors (Lipinski definition) is 0. The molecule has 126 valence electrons. The molecule has 0 aromatic heterocycles. The fourth-order valence-corrected chi connectivity index (χ4v) is 3.42. The summed E-state index contributed by atoms with van der Waals surface area (Å²) in [6.45, 7) is 1.78. The van der Waals surface area contributed by atoms with Gasteiger partial charge < -0.3 is 18.9 Å². The Bertz CT molecular complexity index is 805. The van der Waals surface area contributed by atoms with E-state index in [-0.39, 0.29) is 22.2 Å². The van der Waals surface area contributed by atoms with Gasteiger partial charge in [-0.05, 0) is 48.5 Å². The molecule has 6 nitrogen and oxygen atoms in total. The van der Waals surface area contributed by atoms with Gasteiger partial charge in [0.2, 0.25) is 16.1 Å².